The standard InChI is InChI=1S/C23H25N5O6/c1-5-33-20(31)17(14(3)29)12-24-22-26-19(16-10-8-7-9-11-16)27-23(28-22)25-13-18(15(4)30)21(32)34-6-2/h7-13,17-18H,5-6H2,1-4H3. The Morgan fingerprint density at radius 1 is 0.794 bits per heavy atom. The maximum atomic E-state index is 12.0. The zero-order chi connectivity index (χ0) is 25.1. The average molecular weight is 467 g/mol. The summed E-state index contributed by atoms with van der Waals surface area (Å²) in [7, 11) is 0. The number of ether oxygens (including phenoxy) is 2. The van der Waals surface area contributed by atoms with Crippen molar-refractivity contribution >= 4 is 47.8 Å². The quantitative estimate of drug-likeness (QED) is 0.276. The molecule has 2 rings (SSSR count). The Labute approximate surface area is 196 Å². The number of rotatable bonds is 11. The molecule has 2 atom stereocenters. The van der Waals surface area contributed by atoms with Crippen LogP contribution in [0.15, 0.2) is 40.3 Å². The van der Waals surface area contributed by atoms with Crippen LogP contribution in [0, 0.1) is 11.8 Å². The van der Waals surface area contributed by atoms with Crippen LogP contribution in [0.4, 0.5) is 11.9 Å². The molecule has 0 saturated carbocycles. The van der Waals surface area contributed by atoms with E-state index in [4.69, 9.17) is 9.47 Å². The molecular weight excluding hydrogens is 442 g/mol. The molecule has 1 heterocycles. The largest absolute Gasteiger partial charge is 0.465 e. The normalized spacial score (nSPS) is 12.9. The van der Waals surface area contributed by atoms with Crippen molar-refractivity contribution in [2.45, 2.75) is 27.7 Å². The predicted octanol–water partition coefficient (Wildman–Crippen LogP) is 2.48. The topological polar surface area (TPSA) is 150 Å². The fraction of sp³-hybridized carbons (Fsp3) is 0.348. The number of benzene rings is 1. The van der Waals surface area contributed by atoms with E-state index < -0.39 is 35.3 Å². The Morgan fingerprint density at radius 2 is 1.24 bits per heavy atom. The van der Waals surface area contributed by atoms with Gasteiger partial charge in [0.1, 0.15) is 11.6 Å². The van der Waals surface area contributed by atoms with E-state index in [1.54, 1.807) is 38.1 Å². The number of Topliss-reactive ketones (excluding diaryl/α,β-unsaturated/α-hetero) is 2. The molecule has 0 amide bonds. The Morgan fingerprint density at radius 3 is 1.62 bits per heavy atom. The van der Waals surface area contributed by atoms with Gasteiger partial charge in [0, 0.05) is 18.0 Å². The van der Waals surface area contributed by atoms with E-state index in [2.05, 4.69) is 24.9 Å². The summed E-state index contributed by atoms with van der Waals surface area (Å²) in [5.41, 5.74) is 0.625. The van der Waals surface area contributed by atoms with Crippen LogP contribution >= 0.6 is 0 Å². The Kier molecular flexibility index (Phi) is 9.81. The lowest BCUT2D eigenvalue weighted by molar-refractivity contribution is -0.149. The summed E-state index contributed by atoms with van der Waals surface area (Å²) >= 11 is 0. The first-order valence-electron chi connectivity index (χ1n) is 10.5. The fourth-order valence-corrected chi connectivity index (χ4v) is 2.60. The van der Waals surface area contributed by atoms with Gasteiger partial charge in [0.05, 0.1) is 13.2 Å². The third-order valence-electron chi connectivity index (χ3n) is 4.28. The van der Waals surface area contributed by atoms with Crippen LogP contribution in [0.1, 0.15) is 27.7 Å². The Bertz CT molecular complexity index is 1040. The highest BCUT2D eigenvalue weighted by Crippen LogP contribution is 2.20. The second-order valence-corrected chi connectivity index (χ2v) is 6.86. The lowest BCUT2D eigenvalue weighted by atomic mass is 10.1. The summed E-state index contributed by atoms with van der Waals surface area (Å²) in [5, 5.41) is 0. The van der Waals surface area contributed by atoms with Gasteiger partial charge in [0.15, 0.2) is 17.7 Å². The van der Waals surface area contributed by atoms with Crippen LogP contribution in [0.25, 0.3) is 11.4 Å². The van der Waals surface area contributed by atoms with Gasteiger partial charge in [0.25, 0.3) is 11.9 Å². The van der Waals surface area contributed by atoms with Gasteiger partial charge < -0.3 is 9.47 Å². The lowest BCUT2D eigenvalue weighted by Crippen LogP contribution is -2.25. The molecule has 1 aromatic heterocycles. The van der Waals surface area contributed by atoms with Gasteiger partial charge in [0.2, 0.25) is 0 Å². The zero-order valence-corrected chi connectivity index (χ0v) is 19.3. The first-order chi connectivity index (χ1) is 16.3. The monoisotopic (exact) mass is 467 g/mol. The lowest BCUT2D eigenvalue weighted by Gasteiger charge is -2.08. The number of aliphatic imine (C=N–C) groups is 2. The smallest absolute Gasteiger partial charge is 0.321 e. The van der Waals surface area contributed by atoms with Gasteiger partial charge in [-0.2, -0.15) is 15.0 Å². The summed E-state index contributed by atoms with van der Waals surface area (Å²) in [6.45, 7) is 5.94. The molecule has 2 aromatic rings. The number of ketones is 2. The summed E-state index contributed by atoms with van der Waals surface area (Å²) in [5.74, 6) is -4.92. The van der Waals surface area contributed by atoms with E-state index in [0.717, 1.165) is 12.4 Å². The van der Waals surface area contributed by atoms with Crippen molar-refractivity contribution in [3.8, 4) is 11.4 Å². The van der Waals surface area contributed by atoms with E-state index in [9.17, 15) is 19.2 Å². The maximum Gasteiger partial charge on any atom is 0.321 e. The molecule has 0 fully saturated rings. The number of aromatic nitrogens is 3. The molecule has 1 aromatic carbocycles. The molecule has 178 valence electrons. The highest BCUT2D eigenvalue weighted by atomic mass is 16.5. The molecule has 0 aliphatic carbocycles. The summed E-state index contributed by atoms with van der Waals surface area (Å²) in [6, 6.07) is 8.89. The molecule has 0 N–H and O–H groups in total. The number of hydrogen-bond donors (Lipinski definition) is 0. The van der Waals surface area contributed by atoms with Crippen LogP contribution in [0.5, 0.6) is 0 Å². The molecule has 11 nitrogen and oxygen atoms in total. The van der Waals surface area contributed by atoms with Crippen molar-refractivity contribution < 1.29 is 28.7 Å². The minimum absolute atomic E-state index is 0.108. The average Bonchev–Trinajstić information content (AvgIpc) is 2.79. The minimum Gasteiger partial charge on any atom is -0.465 e. The highest BCUT2D eigenvalue weighted by molar-refractivity contribution is 6.12. The molecule has 0 spiro atoms. The molecule has 0 saturated heterocycles. The van der Waals surface area contributed by atoms with Crippen molar-refractivity contribution in [3.63, 3.8) is 0 Å². The molecule has 0 bridgehead atoms. The van der Waals surface area contributed by atoms with Crippen molar-refractivity contribution in [2.75, 3.05) is 13.2 Å². The van der Waals surface area contributed by atoms with Gasteiger partial charge in [-0.15, -0.1) is 0 Å². The number of carbonyl (C=O) groups excluding carboxylic acids is 4. The van der Waals surface area contributed by atoms with Crippen molar-refractivity contribution in [1.29, 1.82) is 0 Å². The minimum atomic E-state index is -1.23. The zero-order valence-electron chi connectivity index (χ0n) is 19.3. The highest BCUT2D eigenvalue weighted by Gasteiger charge is 2.24. The number of esters is 2. The molecule has 2 unspecified atom stereocenters. The van der Waals surface area contributed by atoms with Crippen LogP contribution in [0.3, 0.4) is 0 Å². The second-order valence-electron chi connectivity index (χ2n) is 6.86. The van der Waals surface area contributed by atoms with Gasteiger partial charge >= 0.3 is 11.9 Å². The van der Waals surface area contributed by atoms with E-state index in [0.29, 0.717) is 5.56 Å². The second kappa shape index (κ2) is 12.8. The summed E-state index contributed by atoms with van der Waals surface area (Å²) in [4.78, 5) is 68.5. The molecule has 34 heavy (non-hydrogen) atoms. The fourth-order valence-electron chi connectivity index (χ4n) is 2.60. The third-order valence-corrected chi connectivity index (χ3v) is 4.28. The van der Waals surface area contributed by atoms with E-state index in [1.165, 1.54) is 13.8 Å². The summed E-state index contributed by atoms with van der Waals surface area (Å²) < 4.78 is 9.79. The van der Waals surface area contributed by atoms with Gasteiger partial charge in [-0.05, 0) is 27.7 Å². The molecule has 0 aliphatic heterocycles. The van der Waals surface area contributed by atoms with Crippen molar-refractivity contribution in [1.82, 2.24) is 15.0 Å². The van der Waals surface area contributed by atoms with Gasteiger partial charge in [-0.25, -0.2) is 9.98 Å². The number of nitrogens with zero attached hydrogens (tertiary/aromatic N) is 5. The Hall–Kier alpha value is -4.15. The first kappa shape index (κ1) is 26.1. The first-order valence-corrected chi connectivity index (χ1v) is 10.5. The molecular formula is C23H25N5O6. The van der Waals surface area contributed by atoms with Crippen molar-refractivity contribution in [2.24, 2.45) is 21.8 Å². The van der Waals surface area contributed by atoms with E-state index in [1.807, 2.05) is 6.07 Å². The van der Waals surface area contributed by atoms with Gasteiger partial charge in [-0.3, -0.25) is 19.2 Å². The Balaban J connectivity index is 2.48. The van der Waals surface area contributed by atoms with Crippen LogP contribution in [-0.2, 0) is 28.7 Å². The third kappa shape index (κ3) is 7.47. The van der Waals surface area contributed by atoms with Crippen LogP contribution in [-0.4, -0.2) is 64.1 Å². The molecule has 0 aliphatic rings. The summed E-state index contributed by atoms with van der Waals surface area (Å²) in [6.07, 6.45) is 2.18. The van der Waals surface area contributed by atoms with Crippen molar-refractivity contribution in [3.05, 3.63) is 30.3 Å². The van der Waals surface area contributed by atoms with E-state index >= 15 is 0 Å². The predicted molar refractivity (Wildman–Crippen MR) is 123 cm³/mol. The maximum absolute atomic E-state index is 12.0. The molecule has 0 radical (unpaired) electrons. The molecule has 11 heteroatoms. The van der Waals surface area contributed by atoms with Gasteiger partial charge in [-0.1, -0.05) is 30.3 Å². The van der Waals surface area contributed by atoms with E-state index in [-0.39, 0.29) is 30.9 Å². The SMILES string of the molecule is CCOC(=O)C(C=Nc1nc(N=CC(C(C)=O)C(=O)OCC)nc(-c2ccccc2)n1)C(C)=O. The van der Waals surface area contributed by atoms with Crippen LogP contribution < -0.4 is 0 Å². The van der Waals surface area contributed by atoms with Crippen LogP contribution in [0.2, 0.25) is 0 Å². The number of carbonyl (C=O) groups is 4. The number of hydrogen-bond acceptors (Lipinski definition) is 11.